The fourth-order valence-electron chi connectivity index (χ4n) is 7.29. The third-order valence-corrected chi connectivity index (χ3v) is 9.38. The second-order valence-electron chi connectivity index (χ2n) is 13.6. The molecule has 0 N–H and O–H groups in total. The standard InChI is InChI=1S/C36H52O3.C3H8/c1-9-12-30(31(10-2)34(38)17-25(7)37)18-28-19-33-32(22(3)4)21-29(26(8)36(33)35(39)20-28)14-11-13-27-15-23(5)24(6)16-27;1-3-2/h15,21-22,28,30-31H,9-14,16-20H2,1-8H3;3H2,1-2H3. The van der Waals surface area contributed by atoms with Gasteiger partial charge in [0, 0.05) is 17.9 Å². The molecule has 1 aromatic carbocycles. The fraction of sp³-hybridized carbons (Fsp3) is 0.667. The molecule has 0 spiro atoms. The third-order valence-electron chi connectivity index (χ3n) is 9.38. The highest BCUT2D eigenvalue weighted by atomic mass is 16.1. The van der Waals surface area contributed by atoms with Gasteiger partial charge in [-0.2, -0.15) is 0 Å². The lowest BCUT2D eigenvalue weighted by molar-refractivity contribution is -0.129. The molecule has 0 saturated heterocycles. The topological polar surface area (TPSA) is 51.2 Å². The van der Waals surface area contributed by atoms with Gasteiger partial charge >= 0.3 is 0 Å². The number of Topliss-reactive ketones (excluding diaryl/α,β-unsaturated/α-hetero) is 3. The van der Waals surface area contributed by atoms with Crippen LogP contribution in [0.1, 0.15) is 165 Å². The maximum absolute atomic E-state index is 13.7. The minimum Gasteiger partial charge on any atom is -0.300 e. The Balaban J connectivity index is 0.00000197. The number of hydrogen-bond donors (Lipinski definition) is 0. The van der Waals surface area contributed by atoms with Gasteiger partial charge in [-0.3, -0.25) is 14.4 Å². The van der Waals surface area contributed by atoms with Crippen molar-refractivity contribution in [3.8, 4) is 0 Å². The molecule has 0 radical (unpaired) electrons. The van der Waals surface area contributed by atoms with Gasteiger partial charge in [-0.15, -0.1) is 0 Å². The van der Waals surface area contributed by atoms with E-state index in [1.54, 1.807) is 0 Å². The van der Waals surface area contributed by atoms with Crippen LogP contribution in [0.2, 0.25) is 0 Å². The summed E-state index contributed by atoms with van der Waals surface area (Å²) in [4.78, 5) is 38.3. The molecule has 2 aliphatic rings. The van der Waals surface area contributed by atoms with Crippen molar-refractivity contribution in [2.75, 3.05) is 0 Å². The Morgan fingerprint density at radius 1 is 1.00 bits per heavy atom. The Kier molecular flexibility index (Phi) is 14.6. The van der Waals surface area contributed by atoms with Crippen LogP contribution in [0.4, 0.5) is 0 Å². The van der Waals surface area contributed by atoms with Gasteiger partial charge in [0.05, 0.1) is 6.42 Å². The van der Waals surface area contributed by atoms with E-state index in [1.165, 1.54) is 52.3 Å². The molecule has 0 aliphatic heterocycles. The summed E-state index contributed by atoms with van der Waals surface area (Å²) in [5.74, 6) is 1.10. The Labute approximate surface area is 258 Å². The van der Waals surface area contributed by atoms with Gasteiger partial charge in [0.2, 0.25) is 0 Å². The summed E-state index contributed by atoms with van der Waals surface area (Å²) in [6.07, 6.45) is 13.2. The van der Waals surface area contributed by atoms with Gasteiger partial charge in [-0.1, -0.05) is 89.7 Å². The molecule has 0 fully saturated rings. The van der Waals surface area contributed by atoms with E-state index in [4.69, 9.17) is 0 Å². The second kappa shape index (κ2) is 17.1. The van der Waals surface area contributed by atoms with Crippen molar-refractivity contribution in [3.05, 3.63) is 56.7 Å². The van der Waals surface area contributed by atoms with Crippen molar-refractivity contribution >= 4 is 17.3 Å². The molecule has 0 heterocycles. The average Bonchev–Trinajstić information content (AvgIpc) is 3.22. The number of ketones is 3. The zero-order chi connectivity index (χ0) is 31.6. The van der Waals surface area contributed by atoms with Crippen molar-refractivity contribution < 1.29 is 14.4 Å². The minimum absolute atomic E-state index is 0.0393. The summed E-state index contributed by atoms with van der Waals surface area (Å²) < 4.78 is 0. The zero-order valence-electron chi connectivity index (χ0n) is 28.7. The number of rotatable bonds is 14. The largest absolute Gasteiger partial charge is 0.300 e. The van der Waals surface area contributed by atoms with E-state index in [0.29, 0.717) is 12.3 Å². The Bertz CT molecular complexity index is 1160. The molecule has 0 amide bonds. The van der Waals surface area contributed by atoms with Crippen molar-refractivity contribution in [1.29, 1.82) is 0 Å². The van der Waals surface area contributed by atoms with Crippen molar-refractivity contribution in [2.24, 2.45) is 17.8 Å². The molecule has 234 valence electrons. The normalized spacial score (nSPS) is 17.9. The van der Waals surface area contributed by atoms with E-state index in [2.05, 4.69) is 74.5 Å². The predicted octanol–water partition coefficient (Wildman–Crippen LogP) is 10.6. The van der Waals surface area contributed by atoms with E-state index in [0.717, 1.165) is 63.4 Å². The van der Waals surface area contributed by atoms with Crippen LogP contribution >= 0.6 is 0 Å². The predicted molar refractivity (Wildman–Crippen MR) is 178 cm³/mol. The number of fused-ring (bicyclic) bond motifs is 1. The summed E-state index contributed by atoms with van der Waals surface area (Å²) >= 11 is 0. The summed E-state index contributed by atoms with van der Waals surface area (Å²) in [5, 5.41) is 0. The lowest BCUT2D eigenvalue weighted by atomic mass is 9.70. The zero-order valence-corrected chi connectivity index (χ0v) is 28.7. The van der Waals surface area contributed by atoms with Crippen LogP contribution in [0.15, 0.2) is 28.9 Å². The molecule has 3 heteroatoms. The van der Waals surface area contributed by atoms with Crippen LogP contribution in [0, 0.1) is 24.7 Å². The number of benzene rings is 1. The molecule has 1 aromatic rings. The van der Waals surface area contributed by atoms with Gasteiger partial charge in [-0.25, -0.2) is 0 Å². The lowest BCUT2D eigenvalue weighted by Gasteiger charge is -2.33. The molecule has 2 aliphatic carbocycles. The van der Waals surface area contributed by atoms with Gasteiger partial charge in [-0.05, 0) is 113 Å². The van der Waals surface area contributed by atoms with Gasteiger partial charge in [0.15, 0.2) is 5.78 Å². The SMILES string of the molecule is CCC.CCCC(CC1CC(=O)c2c(C)c(CCCC3=CC(C)=C(C)C3)cc(C(C)C)c2C1)C(CC)C(=O)CC(C)=O. The maximum Gasteiger partial charge on any atom is 0.163 e. The first-order valence-corrected chi connectivity index (χ1v) is 16.9. The summed E-state index contributed by atoms with van der Waals surface area (Å²) in [5.41, 5.74) is 10.6. The van der Waals surface area contributed by atoms with Gasteiger partial charge in [0.1, 0.15) is 11.6 Å². The number of carbonyl (C=O) groups excluding carboxylic acids is 3. The Morgan fingerprint density at radius 2 is 1.67 bits per heavy atom. The third kappa shape index (κ3) is 9.61. The number of allylic oxidation sites excluding steroid dienone is 4. The molecule has 42 heavy (non-hydrogen) atoms. The molecule has 3 unspecified atom stereocenters. The number of aryl methyl sites for hydroxylation is 1. The second-order valence-corrected chi connectivity index (χ2v) is 13.6. The van der Waals surface area contributed by atoms with Gasteiger partial charge < -0.3 is 0 Å². The van der Waals surface area contributed by atoms with E-state index >= 15 is 0 Å². The number of carbonyl (C=O) groups is 3. The van der Waals surface area contributed by atoms with Crippen LogP contribution in [0.3, 0.4) is 0 Å². The van der Waals surface area contributed by atoms with Crippen molar-refractivity contribution in [3.63, 3.8) is 0 Å². The quantitative estimate of drug-likeness (QED) is 0.207. The highest BCUT2D eigenvalue weighted by Gasteiger charge is 2.34. The van der Waals surface area contributed by atoms with Crippen LogP contribution in [0.5, 0.6) is 0 Å². The molecular formula is C39H60O3. The molecule has 0 aromatic heterocycles. The molecule has 0 saturated carbocycles. The molecule has 3 nitrogen and oxygen atoms in total. The lowest BCUT2D eigenvalue weighted by Crippen LogP contribution is -2.30. The Morgan fingerprint density at radius 3 is 2.19 bits per heavy atom. The number of hydrogen-bond acceptors (Lipinski definition) is 3. The first kappa shape index (κ1) is 35.9. The molecule has 3 rings (SSSR count). The van der Waals surface area contributed by atoms with Crippen LogP contribution < -0.4 is 0 Å². The first-order chi connectivity index (χ1) is 19.9. The van der Waals surface area contributed by atoms with Crippen LogP contribution in [0.25, 0.3) is 0 Å². The van der Waals surface area contributed by atoms with Gasteiger partial charge in [0.25, 0.3) is 0 Å². The highest BCUT2D eigenvalue weighted by Crippen LogP contribution is 2.40. The van der Waals surface area contributed by atoms with Crippen molar-refractivity contribution in [2.45, 2.75) is 152 Å². The molecule has 0 bridgehead atoms. The summed E-state index contributed by atoms with van der Waals surface area (Å²) in [7, 11) is 0. The molecular weight excluding hydrogens is 516 g/mol. The minimum atomic E-state index is -0.0863. The molecule has 3 atom stereocenters. The van der Waals surface area contributed by atoms with E-state index in [9.17, 15) is 14.4 Å². The summed E-state index contributed by atoms with van der Waals surface area (Å²) in [6, 6.07) is 2.40. The maximum atomic E-state index is 13.7. The first-order valence-electron chi connectivity index (χ1n) is 16.9. The smallest absolute Gasteiger partial charge is 0.163 e. The average molecular weight is 577 g/mol. The summed E-state index contributed by atoms with van der Waals surface area (Å²) in [6.45, 7) is 21.1. The van der Waals surface area contributed by atoms with Crippen LogP contribution in [-0.2, 0) is 22.4 Å². The van der Waals surface area contributed by atoms with E-state index in [-0.39, 0.29) is 41.5 Å². The van der Waals surface area contributed by atoms with Crippen molar-refractivity contribution in [1.82, 2.24) is 0 Å². The fourth-order valence-corrected chi connectivity index (χ4v) is 7.29. The monoisotopic (exact) mass is 576 g/mol. The van der Waals surface area contributed by atoms with E-state index in [1.807, 2.05) is 0 Å². The highest BCUT2D eigenvalue weighted by molar-refractivity contribution is 6.01. The van der Waals surface area contributed by atoms with E-state index < -0.39 is 0 Å². The Hall–Kier alpha value is -2.29. The van der Waals surface area contributed by atoms with Crippen LogP contribution in [-0.4, -0.2) is 17.3 Å².